The Morgan fingerprint density at radius 3 is 2.62 bits per heavy atom. The lowest BCUT2D eigenvalue weighted by Gasteiger charge is -2.14. The van der Waals surface area contributed by atoms with Gasteiger partial charge in [0.25, 0.3) is 11.5 Å². The molecule has 0 radical (unpaired) electrons. The number of hydrogen-bond acceptors (Lipinski definition) is 5. The number of amides is 1. The number of halogens is 1. The number of rotatable bonds is 6. The molecule has 1 N–H and O–H groups in total. The lowest BCUT2D eigenvalue weighted by molar-refractivity contribution is 0.102. The van der Waals surface area contributed by atoms with Crippen molar-refractivity contribution in [3.8, 4) is 0 Å². The molecule has 0 unspecified atom stereocenters. The molecule has 2 aromatic carbocycles. The molecule has 2 heterocycles. The van der Waals surface area contributed by atoms with E-state index in [1.54, 1.807) is 42.7 Å². The number of aryl methyl sites for hydroxylation is 1. The monoisotopic (exact) mass is 451 g/mol. The first kappa shape index (κ1) is 21.8. The van der Waals surface area contributed by atoms with E-state index in [-0.39, 0.29) is 17.2 Å². The zero-order chi connectivity index (χ0) is 22.8. The van der Waals surface area contributed by atoms with E-state index in [9.17, 15) is 14.0 Å². The second-order valence-electron chi connectivity index (χ2n) is 7.79. The predicted molar refractivity (Wildman–Crippen MR) is 123 cm³/mol. The summed E-state index contributed by atoms with van der Waals surface area (Å²) in [7, 11) is 1.85. The Bertz CT molecular complexity index is 1360. The molecule has 0 aliphatic heterocycles. The third-order valence-electron chi connectivity index (χ3n) is 4.79. The van der Waals surface area contributed by atoms with Crippen LogP contribution in [0.5, 0.6) is 0 Å². The van der Waals surface area contributed by atoms with Crippen molar-refractivity contribution in [1.29, 1.82) is 0 Å². The topological polar surface area (TPSA) is 81.8 Å². The number of carbonyl (C=O) groups is 1. The van der Waals surface area contributed by atoms with Gasteiger partial charge in [0.05, 0.1) is 11.1 Å². The second kappa shape index (κ2) is 8.96. The molecule has 0 spiro atoms. The Balaban J connectivity index is 1.75. The predicted octanol–water partition coefficient (Wildman–Crippen LogP) is 4.33. The highest BCUT2D eigenvalue weighted by Gasteiger charge is 2.19. The molecule has 164 valence electrons. The van der Waals surface area contributed by atoms with Crippen LogP contribution in [-0.4, -0.2) is 25.2 Å². The quantitative estimate of drug-likeness (QED) is 0.472. The molecule has 0 fully saturated rings. The highest BCUT2D eigenvalue weighted by atomic mass is 32.2. The van der Waals surface area contributed by atoms with Crippen LogP contribution in [0.3, 0.4) is 0 Å². The van der Waals surface area contributed by atoms with Crippen LogP contribution in [0.1, 0.15) is 24.3 Å². The zero-order valence-electron chi connectivity index (χ0n) is 17.9. The Morgan fingerprint density at radius 2 is 1.94 bits per heavy atom. The van der Waals surface area contributed by atoms with Gasteiger partial charge in [0.15, 0.2) is 10.9 Å². The van der Waals surface area contributed by atoms with Crippen molar-refractivity contribution in [3.63, 3.8) is 0 Å². The minimum atomic E-state index is -0.522. The molecule has 7 nitrogen and oxygen atoms in total. The maximum absolute atomic E-state index is 14.0. The van der Waals surface area contributed by atoms with Gasteiger partial charge in [-0.1, -0.05) is 32.0 Å². The van der Waals surface area contributed by atoms with Crippen LogP contribution in [0.25, 0.3) is 10.8 Å². The molecule has 0 atom stereocenters. The second-order valence-corrected chi connectivity index (χ2v) is 8.80. The fourth-order valence-corrected chi connectivity index (χ4v) is 4.16. The molecule has 0 saturated carbocycles. The van der Waals surface area contributed by atoms with Crippen LogP contribution in [0, 0.1) is 11.7 Å². The van der Waals surface area contributed by atoms with Crippen molar-refractivity contribution < 1.29 is 9.18 Å². The number of anilines is 1. The highest BCUT2D eigenvalue weighted by Crippen LogP contribution is 2.33. The van der Waals surface area contributed by atoms with E-state index >= 15 is 0 Å². The number of imidazole rings is 1. The van der Waals surface area contributed by atoms with Crippen LogP contribution in [0.4, 0.5) is 10.1 Å². The fourth-order valence-electron chi connectivity index (χ4n) is 3.29. The van der Waals surface area contributed by atoms with Gasteiger partial charge in [0.1, 0.15) is 5.82 Å². The summed E-state index contributed by atoms with van der Waals surface area (Å²) in [5, 5.41) is 8.69. The van der Waals surface area contributed by atoms with Crippen molar-refractivity contribution >= 4 is 34.1 Å². The van der Waals surface area contributed by atoms with Crippen LogP contribution in [0.15, 0.2) is 69.7 Å². The highest BCUT2D eigenvalue weighted by molar-refractivity contribution is 7.99. The summed E-state index contributed by atoms with van der Waals surface area (Å²) in [4.78, 5) is 31.0. The summed E-state index contributed by atoms with van der Waals surface area (Å²) in [5.41, 5.74) is 0.163. The maximum Gasteiger partial charge on any atom is 0.276 e. The van der Waals surface area contributed by atoms with E-state index in [1.165, 1.54) is 28.6 Å². The van der Waals surface area contributed by atoms with Gasteiger partial charge in [-0.05, 0) is 41.9 Å². The Labute approximate surface area is 188 Å². The smallest absolute Gasteiger partial charge is 0.276 e. The number of carbonyl (C=O) groups excluding carboxylic acids is 1. The van der Waals surface area contributed by atoms with E-state index in [1.807, 2.05) is 25.5 Å². The normalized spacial score (nSPS) is 11.3. The van der Waals surface area contributed by atoms with E-state index < -0.39 is 11.7 Å². The maximum atomic E-state index is 14.0. The van der Waals surface area contributed by atoms with Crippen molar-refractivity contribution in [3.05, 3.63) is 76.7 Å². The summed E-state index contributed by atoms with van der Waals surface area (Å²) in [6.45, 7) is 4.32. The molecule has 4 rings (SSSR count). The molecule has 0 saturated heterocycles. The van der Waals surface area contributed by atoms with Gasteiger partial charge in [-0.2, -0.15) is 5.10 Å². The SMILES string of the molecule is CC(C)Cn1nc(C(=O)Nc2cc(F)ccc2Sc2nccn2C)c2ccccc2c1=O. The van der Waals surface area contributed by atoms with Gasteiger partial charge >= 0.3 is 0 Å². The summed E-state index contributed by atoms with van der Waals surface area (Å²) >= 11 is 1.31. The largest absolute Gasteiger partial charge is 0.329 e. The first-order valence-electron chi connectivity index (χ1n) is 10.1. The first-order valence-corrected chi connectivity index (χ1v) is 10.9. The minimum absolute atomic E-state index is 0.109. The van der Waals surface area contributed by atoms with Crippen molar-refractivity contribution in [2.75, 3.05) is 5.32 Å². The molecule has 1 amide bonds. The number of fused-ring (bicyclic) bond motifs is 1. The van der Waals surface area contributed by atoms with Gasteiger partial charge in [-0.15, -0.1) is 0 Å². The van der Waals surface area contributed by atoms with Gasteiger partial charge in [0, 0.05) is 36.3 Å². The molecule has 0 aliphatic rings. The summed E-state index contributed by atoms with van der Waals surface area (Å²) in [6, 6.07) is 11.0. The summed E-state index contributed by atoms with van der Waals surface area (Å²) < 4.78 is 17.2. The van der Waals surface area contributed by atoms with Gasteiger partial charge in [-0.25, -0.2) is 14.1 Å². The molecule has 0 bridgehead atoms. The molecule has 32 heavy (non-hydrogen) atoms. The van der Waals surface area contributed by atoms with Gasteiger partial charge < -0.3 is 9.88 Å². The van der Waals surface area contributed by atoms with Crippen molar-refractivity contribution in [2.24, 2.45) is 13.0 Å². The van der Waals surface area contributed by atoms with Crippen molar-refractivity contribution in [2.45, 2.75) is 30.4 Å². The van der Waals surface area contributed by atoms with E-state index in [4.69, 9.17) is 0 Å². The number of aromatic nitrogens is 4. The van der Waals surface area contributed by atoms with Gasteiger partial charge in [0.2, 0.25) is 0 Å². The zero-order valence-corrected chi connectivity index (χ0v) is 18.7. The van der Waals surface area contributed by atoms with Crippen LogP contribution >= 0.6 is 11.8 Å². The molecular weight excluding hydrogens is 429 g/mol. The Hall–Kier alpha value is -3.46. The molecule has 2 aromatic heterocycles. The van der Waals surface area contributed by atoms with E-state index in [0.717, 1.165) is 0 Å². The van der Waals surface area contributed by atoms with Gasteiger partial charge in [-0.3, -0.25) is 9.59 Å². The standard InChI is InChI=1S/C23H22FN5O2S/c1-14(2)13-29-22(31)17-7-5-4-6-16(17)20(27-29)21(30)26-18-12-15(24)8-9-19(18)32-23-25-10-11-28(23)3/h4-12,14H,13H2,1-3H3,(H,26,30). The van der Waals surface area contributed by atoms with Crippen molar-refractivity contribution in [1.82, 2.24) is 19.3 Å². The summed E-state index contributed by atoms with van der Waals surface area (Å²) in [6.07, 6.45) is 3.47. The molecule has 4 aromatic rings. The lowest BCUT2D eigenvalue weighted by atomic mass is 10.1. The summed E-state index contributed by atoms with van der Waals surface area (Å²) in [5.74, 6) is -0.834. The molecule has 9 heteroatoms. The fraction of sp³-hybridized carbons (Fsp3) is 0.217. The van der Waals surface area contributed by atoms with E-state index in [0.29, 0.717) is 33.1 Å². The average Bonchev–Trinajstić information content (AvgIpc) is 3.16. The lowest BCUT2D eigenvalue weighted by Crippen LogP contribution is -2.29. The average molecular weight is 452 g/mol. The molecular formula is C23H22FN5O2S. The minimum Gasteiger partial charge on any atom is -0.329 e. The first-order chi connectivity index (χ1) is 15.3. The van der Waals surface area contributed by atoms with Crippen LogP contribution in [0.2, 0.25) is 0 Å². The van der Waals surface area contributed by atoms with Crippen LogP contribution in [-0.2, 0) is 13.6 Å². The third-order valence-corrected chi connectivity index (χ3v) is 5.94. The Kier molecular flexibility index (Phi) is 6.09. The number of benzene rings is 2. The van der Waals surface area contributed by atoms with Crippen LogP contribution < -0.4 is 10.9 Å². The number of hydrogen-bond donors (Lipinski definition) is 1. The van der Waals surface area contributed by atoms with E-state index in [2.05, 4.69) is 15.4 Å². The number of nitrogens with one attached hydrogen (secondary N) is 1. The number of nitrogens with zero attached hydrogens (tertiary/aromatic N) is 4. The molecule has 0 aliphatic carbocycles. The Morgan fingerprint density at radius 1 is 1.19 bits per heavy atom. The third kappa shape index (κ3) is 4.43.